The van der Waals surface area contributed by atoms with Crippen molar-refractivity contribution < 1.29 is 9.53 Å². The standard InChI is InChI=1S/C28H28N2O3S/c1-3-22(28(32)33-17-19-11-5-4-6-12-19)30-25(20-13-9-10-18(2)16-20)29-26-24(27(30)31)21-14-7-8-15-23(21)34-26/h4-6,9-13,16,22H,3,7-8,14-15,17H2,1-2H3. The van der Waals surface area contributed by atoms with Crippen molar-refractivity contribution in [1.29, 1.82) is 0 Å². The van der Waals surface area contributed by atoms with Crippen LogP contribution < -0.4 is 5.56 Å². The Kier molecular flexibility index (Phi) is 6.33. The molecule has 1 atom stereocenters. The Morgan fingerprint density at radius 2 is 1.91 bits per heavy atom. The highest BCUT2D eigenvalue weighted by Crippen LogP contribution is 2.36. The molecule has 0 aliphatic heterocycles. The normalized spacial score (nSPS) is 14.1. The summed E-state index contributed by atoms with van der Waals surface area (Å²) in [6, 6.07) is 16.8. The van der Waals surface area contributed by atoms with Crippen LogP contribution in [0.5, 0.6) is 0 Å². The molecule has 4 aromatic rings. The van der Waals surface area contributed by atoms with Gasteiger partial charge in [-0.3, -0.25) is 9.36 Å². The van der Waals surface area contributed by atoms with Crippen LogP contribution in [0, 0.1) is 6.92 Å². The van der Waals surface area contributed by atoms with E-state index in [-0.39, 0.29) is 12.2 Å². The summed E-state index contributed by atoms with van der Waals surface area (Å²) in [5.41, 5.74) is 3.81. The van der Waals surface area contributed by atoms with Crippen molar-refractivity contribution in [2.24, 2.45) is 0 Å². The molecule has 5 nitrogen and oxygen atoms in total. The first-order valence-electron chi connectivity index (χ1n) is 11.9. The van der Waals surface area contributed by atoms with Gasteiger partial charge in [0.25, 0.3) is 5.56 Å². The molecule has 5 rings (SSSR count). The third-order valence-electron chi connectivity index (χ3n) is 6.49. The average Bonchev–Trinajstić information content (AvgIpc) is 3.24. The van der Waals surface area contributed by atoms with Crippen LogP contribution in [0.15, 0.2) is 59.4 Å². The monoisotopic (exact) mass is 472 g/mol. The second kappa shape index (κ2) is 9.55. The molecule has 1 aliphatic rings. The van der Waals surface area contributed by atoms with E-state index in [1.807, 2.05) is 68.4 Å². The van der Waals surface area contributed by atoms with Crippen LogP contribution in [0.25, 0.3) is 21.6 Å². The third-order valence-corrected chi connectivity index (χ3v) is 7.68. The van der Waals surface area contributed by atoms with Crippen LogP contribution in [-0.2, 0) is 29.0 Å². The van der Waals surface area contributed by atoms with Gasteiger partial charge in [0.15, 0.2) is 0 Å². The topological polar surface area (TPSA) is 61.2 Å². The summed E-state index contributed by atoms with van der Waals surface area (Å²) in [5, 5.41) is 0.686. The molecule has 0 N–H and O–H groups in total. The number of carbonyl (C=O) groups is 1. The first-order chi connectivity index (χ1) is 16.6. The highest BCUT2D eigenvalue weighted by atomic mass is 32.1. The molecule has 34 heavy (non-hydrogen) atoms. The van der Waals surface area contributed by atoms with Crippen LogP contribution in [0.2, 0.25) is 0 Å². The highest BCUT2D eigenvalue weighted by molar-refractivity contribution is 7.18. The quantitative estimate of drug-likeness (QED) is 0.323. The molecule has 0 radical (unpaired) electrons. The average molecular weight is 473 g/mol. The van der Waals surface area contributed by atoms with Gasteiger partial charge < -0.3 is 4.74 Å². The van der Waals surface area contributed by atoms with E-state index < -0.39 is 12.0 Å². The van der Waals surface area contributed by atoms with Gasteiger partial charge in [-0.15, -0.1) is 11.3 Å². The SMILES string of the molecule is CCC(C(=O)OCc1ccccc1)n1c(-c2cccc(C)c2)nc2sc3c(c2c1=O)CCCC3. The molecule has 0 fully saturated rings. The molecule has 0 saturated carbocycles. The predicted molar refractivity (Wildman–Crippen MR) is 136 cm³/mol. The second-order valence-corrected chi connectivity index (χ2v) is 9.97. The fraction of sp³-hybridized carbons (Fsp3) is 0.321. The van der Waals surface area contributed by atoms with Gasteiger partial charge in [0.05, 0.1) is 5.39 Å². The number of aromatic nitrogens is 2. The molecule has 174 valence electrons. The number of rotatable bonds is 6. The van der Waals surface area contributed by atoms with Crippen LogP contribution in [0.1, 0.15) is 53.8 Å². The fourth-order valence-corrected chi connectivity index (χ4v) is 6.03. The van der Waals surface area contributed by atoms with E-state index in [9.17, 15) is 9.59 Å². The Hall–Kier alpha value is -3.25. The molecular formula is C28H28N2O3S. The molecule has 2 heterocycles. The number of nitrogens with zero attached hydrogens (tertiary/aromatic N) is 2. The van der Waals surface area contributed by atoms with E-state index in [1.165, 1.54) is 4.88 Å². The van der Waals surface area contributed by atoms with Crippen LogP contribution in [0.4, 0.5) is 0 Å². The summed E-state index contributed by atoms with van der Waals surface area (Å²) in [7, 11) is 0. The fourth-order valence-electron chi connectivity index (χ4n) is 4.77. The molecule has 6 heteroatoms. The number of benzene rings is 2. The van der Waals surface area contributed by atoms with Crippen molar-refractivity contribution in [3.05, 3.63) is 86.5 Å². The lowest BCUT2D eigenvalue weighted by atomic mass is 9.97. The summed E-state index contributed by atoms with van der Waals surface area (Å²) >= 11 is 1.63. The molecule has 0 amide bonds. The first-order valence-corrected chi connectivity index (χ1v) is 12.7. The van der Waals surface area contributed by atoms with Crippen molar-refractivity contribution >= 4 is 27.5 Å². The summed E-state index contributed by atoms with van der Waals surface area (Å²) in [6.45, 7) is 4.10. The Balaban J connectivity index is 1.65. The van der Waals surface area contributed by atoms with Crippen molar-refractivity contribution in [1.82, 2.24) is 9.55 Å². The molecule has 0 saturated heterocycles. The van der Waals surface area contributed by atoms with Crippen molar-refractivity contribution in [2.45, 2.75) is 58.6 Å². The lowest BCUT2D eigenvalue weighted by Crippen LogP contribution is -2.33. The Bertz CT molecular complexity index is 1400. The molecule has 1 aliphatic carbocycles. The van der Waals surface area contributed by atoms with Crippen LogP contribution >= 0.6 is 11.3 Å². The minimum Gasteiger partial charge on any atom is -0.459 e. The molecular weight excluding hydrogens is 444 g/mol. The first kappa shape index (κ1) is 22.5. The smallest absolute Gasteiger partial charge is 0.329 e. The van der Waals surface area contributed by atoms with Gasteiger partial charge in [-0.1, -0.05) is 61.0 Å². The number of hydrogen-bond acceptors (Lipinski definition) is 5. The number of esters is 1. The van der Waals surface area contributed by atoms with E-state index in [0.29, 0.717) is 17.6 Å². The van der Waals surface area contributed by atoms with Crippen LogP contribution in [-0.4, -0.2) is 15.5 Å². The highest BCUT2D eigenvalue weighted by Gasteiger charge is 2.29. The zero-order valence-electron chi connectivity index (χ0n) is 19.5. The zero-order chi connectivity index (χ0) is 23.7. The lowest BCUT2D eigenvalue weighted by molar-refractivity contribution is -0.149. The van der Waals surface area contributed by atoms with Crippen LogP contribution in [0.3, 0.4) is 0 Å². The van der Waals surface area contributed by atoms with E-state index >= 15 is 0 Å². The lowest BCUT2D eigenvalue weighted by Gasteiger charge is -2.21. The second-order valence-electron chi connectivity index (χ2n) is 8.89. The van der Waals surface area contributed by atoms with Crippen molar-refractivity contribution in [3.63, 3.8) is 0 Å². The molecule has 0 spiro atoms. The van der Waals surface area contributed by atoms with Gasteiger partial charge in [-0.05, 0) is 56.2 Å². The van der Waals surface area contributed by atoms with E-state index in [2.05, 4.69) is 0 Å². The predicted octanol–water partition coefficient (Wildman–Crippen LogP) is 6.01. The Morgan fingerprint density at radius 3 is 2.68 bits per heavy atom. The van der Waals surface area contributed by atoms with Gasteiger partial charge in [-0.25, -0.2) is 9.78 Å². The number of hydrogen-bond donors (Lipinski definition) is 0. The Morgan fingerprint density at radius 1 is 1.12 bits per heavy atom. The molecule has 0 bridgehead atoms. The zero-order valence-corrected chi connectivity index (χ0v) is 20.4. The molecule has 1 unspecified atom stereocenters. The summed E-state index contributed by atoms with van der Waals surface area (Å²) in [5.74, 6) is 0.121. The van der Waals surface area contributed by atoms with Gasteiger partial charge in [0.2, 0.25) is 0 Å². The minimum absolute atomic E-state index is 0.135. The maximum atomic E-state index is 14.0. The van der Waals surface area contributed by atoms with E-state index in [1.54, 1.807) is 15.9 Å². The van der Waals surface area contributed by atoms with Gasteiger partial charge in [0.1, 0.15) is 23.3 Å². The number of ether oxygens (including phenoxy) is 1. The summed E-state index contributed by atoms with van der Waals surface area (Å²) in [6.07, 6.45) is 4.54. The number of carbonyl (C=O) groups excluding carboxylic acids is 1. The van der Waals surface area contributed by atoms with E-state index in [4.69, 9.17) is 9.72 Å². The third kappa shape index (κ3) is 4.18. The maximum absolute atomic E-state index is 14.0. The molecule has 2 aromatic carbocycles. The Labute approximate surface area is 203 Å². The summed E-state index contributed by atoms with van der Waals surface area (Å²) < 4.78 is 7.28. The number of fused-ring (bicyclic) bond motifs is 3. The van der Waals surface area contributed by atoms with Gasteiger partial charge >= 0.3 is 5.97 Å². The number of aryl methyl sites for hydroxylation is 3. The minimum atomic E-state index is -0.747. The maximum Gasteiger partial charge on any atom is 0.329 e. The van der Waals surface area contributed by atoms with Crippen molar-refractivity contribution in [2.75, 3.05) is 0 Å². The van der Waals surface area contributed by atoms with E-state index in [0.717, 1.165) is 52.8 Å². The summed E-state index contributed by atoms with van der Waals surface area (Å²) in [4.78, 5) is 34.4. The molecule has 2 aromatic heterocycles. The van der Waals surface area contributed by atoms with Gasteiger partial charge in [-0.2, -0.15) is 0 Å². The van der Waals surface area contributed by atoms with Gasteiger partial charge in [0, 0.05) is 10.4 Å². The van der Waals surface area contributed by atoms with Crippen molar-refractivity contribution in [3.8, 4) is 11.4 Å². The largest absolute Gasteiger partial charge is 0.459 e. The number of thiophene rings is 1.